The van der Waals surface area contributed by atoms with Gasteiger partial charge in [-0.3, -0.25) is 9.78 Å². The van der Waals surface area contributed by atoms with Crippen LogP contribution in [-0.4, -0.2) is 30.7 Å². The van der Waals surface area contributed by atoms with Gasteiger partial charge in [-0.15, -0.1) is 15.3 Å². The lowest BCUT2D eigenvalue weighted by atomic mass is 10.1. The number of nitrogens with one attached hydrogen (secondary N) is 2. The fourth-order valence-electron chi connectivity index (χ4n) is 3.09. The van der Waals surface area contributed by atoms with Gasteiger partial charge in [-0.2, -0.15) is 4.52 Å². The number of anilines is 2. The van der Waals surface area contributed by atoms with Crippen molar-refractivity contribution in [3.63, 3.8) is 0 Å². The highest BCUT2D eigenvalue weighted by molar-refractivity contribution is 5.91. The van der Waals surface area contributed by atoms with E-state index in [4.69, 9.17) is 0 Å². The number of fused-ring (bicyclic) bond motifs is 1. The van der Waals surface area contributed by atoms with E-state index < -0.39 is 0 Å². The molecule has 0 fully saturated rings. The number of rotatable bonds is 7. The number of carbonyl (C=O) groups is 1. The molecule has 1 aromatic carbocycles. The third kappa shape index (κ3) is 4.60. The summed E-state index contributed by atoms with van der Waals surface area (Å²) >= 11 is 0. The number of amides is 1. The lowest BCUT2D eigenvalue weighted by Gasteiger charge is -2.09. The summed E-state index contributed by atoms with van der Waals surface area (Å²) in [5, 5.41) is 19.2. The van der Waals surface area contributed by atoms with E-state index in [1.165, 1.54) is 0 Å². The minimum Gasteiger partial charge on any atom is -0.364 e. The molecule has 30 heavy (non-hydrogen) atoms. The van der Waals surface area contributed by atoms with Crippen molar-refractivity contribution in [2.24, 2.45) is 0 Å². The maximum absolute atomic E-state index is 12.4. The Labute approximate surface area is 174 Å². The molecule has 1 amide bonds. The van der Waals surface area contributed by atoms with Crippen LogP contribution in [0.1, 0.15) is 28.9 Å². The van der Waals surface area contributed by atoms with Gasteiger partial charge < -0.3 is 10.6 Å². The summed E-state index contributed by atoms with van der Waals surface area (Å²) in [6.45, 7) is 4.59. The largest absolute Gasteiger partial charge is 0.364 e. The normalized spacial score (nSPS) is 10.9. The van der Waals surface area contributed by atoms with Gasteiger partial charge >= 0.3 is 0 Å². The summed E-state index contributed by atoms with van der Waals surface area (Å²) in [5.41, 5.74) is 4.69. The second kappa shape index (κ2) is 8.69. The summed E-state index contributed by atoms with van der Waals surface area (Å²) in [4.78, 5) is 16.5. The molecule has 0 aliphatic carbocycles. The third-order valence-corrected chi connectivity index (χ3v) is 4.77. The van der Waals surface area contributed by atoms with Crippen LogP contribution in [0, 0.1) is 13.8 Å². The number of pyridine rings is 1. The molecule has 3 aromatic heterocycles. The van der Waals surface area contributed by atoms with Crippen molar-refractivity contribution >= 4 is 23.1 Å². The van der Waals surface area contributed by atoms with E-state index in [0.717, 1.165) is 22.4 Å². The summed E-state index contributed by atoms with van der Waals surface area (Å²) in [7, 11) is 0. The number of benzene rings is 1. The molecule has 0 saturated heterocycles. The van der Waals surface area contributed by atoms with E-state index in [-0.39, 0.29) is 5.91 Å². The molecule has 2 N–H and O–H groups in total. The number of aromatic nitrogens is 5. The minimum absolute atomic E-state index is 0.0636. The molecule has 0 saturated carbocycles. The molecule has 152 valence electrons. The van der Waals surface area contributed by atoms with Crippen LogP contribution in [0.4, 0.5) is 11.5 Å². The van der Waals surface area contributed by atoms with Gasteiger partial charge in [-0.25, -0.2) is 0 Å². The van der Waals surface area contributed by atoms with Crippen molar-refractivity contribution in [2.75, 3.05) is 10.6 Å². The standard InChI is InChI=1S/C22H23N7O/c1-15-5-6-16(2)18(12-15)25-22(30)10-9-21-27-26-20-8-7-19(28-29(20)21)24-14-17-4-3-11-23-13-17/h3-8,11-13H,9-10,14H2,1-2H3,(H,24,28)(H,25,30). The highest BCUT2D eigenvalue weighted by Gasteiger charge is 2.11. The van der Waals surface area contributed by atoms with Crippen molar-refractivity contribution < 1.29 is 4.79 Å². The van der Waals surface area contributed by atoms with Crippen LogP contribution in [0.2, 0.25) is 0 Å². The summed E-state index contributed by atoms with van der Waals surface area (Å²) < 4.78 is 1.68. The van der Waals surface area contributed by atoms with Gasteiger partial charge in [0, 0.05) is 37.5 Å². The van der Waals surface area contributed by atoms with Gasteiger partial charge in [-0.05, 0) is 54.8 Å². The maximum Gasteiger partial charge on any atom is 0.224 e. The quantitative estimate of drug-likeness (QED) is 0.493. The second-order valence-corrected chi connectivity index (χ2v) is 7.19. The molecule has 0 atom stereocenters. The lowest BCUT2D eigenvalue weighted by molar-refractivity contribution is -0.116. The van der Waals surface area contributed by atoms with Crippen molar-refractivity contribution in [1.29, 1.82) is 0 Å². The molecule has 0 unspecified atom stereocenters. The van der Waals surface area contributed by atoms with E-state index >= 15 is 0 Å². The van der Waals surface area contributed by atoms with Gasteiger partial charge in [-0.1, -0.05) is 18.2 Å². The zero-order chi connectivity index (χ0) is 20.9. The smallest absolute Gasteiger partial charge is 0.224 e. The first kappa shape index (κ1) is 19.5. The summed E-state index contributed by atoms with van der Waals surface area (Å²) in [5.74, 6) is 1.28. The molecule has 3 heterocycles. The van der Waals surface area contributed by atoms with Crippen LogP contribution < -0.4 is 10.6 Å². The van der Waals surface area contributed by atoms with Crippen molar-refractivity contribution in [1.82, 2.24) is 24.8 Å². The number of hydrogen-bond acceptors (Lipinski definition) is 6. The maximum atomic E-state index is 12.4. The van der Waals surface area contributed by atoms with Gasteiger partial charge in [0.1, 0.15) is 5.82 Å². The topological polar surface area (TPSA) is 97.1 Å². The molecule has 0 radical (unpaired) electrons. The summed E-state index contributed by atoms with van der Waals surface area (Å²) in [6, 6.07) is 13.6. The van der Waals surface area contributed by atoms with Crippen molar-refractivity contribution in [2.45, 2.75) is 33.2 Å². The Morgan fingerprint density at radius 2 is 2.00 bits per heavy atom. The van der Waals surface area contributed by atoms with Crippen LogP contribution in [0.15, 0.2) is 54.9 Å². The summed E-state index contributed by atoms with van der Waals surface area (Å²) in [6.07, 6.45) is 4.29. The van der Waals surface area contributed by atoms with Gasteiger partial charge in [0.15, 0.2) is 11.5 Å². The van der Waals surface area contributed by atoms with Crippen LogP contribution in [0.3, 0.4) is 0 Å². The first-order chi connectivity index (χ1) is 14.6. The number of hydrogen-bond donors (Lipinski definition) is 2. The molecule has 4 rings (SSSR count). The molecular formula is C22H23N7O. The number of nitrogens with zero attached hydrogens (tertiary/aromatic N) is 5. The Kier molecular flexibility index (Phi) is 5.65. The highest BCUT2D eigenvalue weighted by Crippen LogP contribution is 2.17. The van der Waals surface area contributed by atoms with Gasteiger partial charge in [0.05, 0.1) is 0 Å². The first-order valence-corrected chi connectivity index (χ1v) is 9.80. The molecular weight excluding hydrogens is 378 g/mol. The molecule has 0 bridgehead atoms. The first-order valence-electron chi connectivity index (χ1n) is 9.80. The minimum atomic E-state index is -0.0636. The van der Waals surface area contributed by atoms with E-state index in [1.54, 1.807) is 10.7 Å². The molecule has 8 heteroatoms. The average molecular weight is 401 g/mol. The van der Waals surface area contributed by atoms with Crippen LogP contribution in [-0.2, 0) is 17.8 Å². The number of carbonyl (C=O) groups excluding carboxylic acids is 1. The fourth-order valence-corrected chi connectivity index (χ4v) is 3.09. The predicted octanol–water partition coefficient (Wildman–Crippen LogP) is 3.32. The van der Waals surface area contributed by atoms with Crippen molar-refractivity contribution in [3.05, 3.63) is 77.4 Å². The Bertz CT molecular complexity index is 1170. The molecule has 0 aliphatic rings. The molecule has 8 nitrogen and oxygen atoms in total. The highest BCUT2D eigenvalue weighted by atomic mass is 16.1. The number of aryl methyl sites for hydroxylation is 3. The van der Waals surface area contributed by atoms with E-state index in [0.29, 0.717) is 36.7 Å². The van der Waals surface area contributed by atoms with E-state index in [9.17, 15) is 4.79 Å². The zero-order valence-corrected chi connectivity index (χ0v) is 17.0. The average Bonchev–Trinajstić information content (AvgIpc) is 3.16. The fraction of sp³-hybridized carbons (Fsp3) is 0.227. The Hall–Kier alpha value is -3.81. The lowest BCUT2D eigenvalue weighted by Crippen LogP contribution is -2.14. The van der Waals surface area contributed by atoms with Crippen LogP contribution in [0.25, 0.3) is 5.65 Å². The van der Waals surface area contributed by atoms with Crippen LogP contribution >= 0.6 is 0 Å². The SMILES string of the molecule is Cc1ccc(C)c(NC(=O)CCc2nnc3ccc(NCc4cccnc4)nn23)c1. The predicted molar refractivity (Wildman–Crippen MR) is 115 cm³/mol. The van der Waals surface area contributed by atoms with Crippen molar-refractivity contribution in [3.8, 4) is 0 Å². The Morgan fingerprint density at radius 3 is 2.83 bits per heavy atom. The van der Waals surface area contributed by atoms with Crippen LogP contribution in [0.5, 0.6) is 0 Å². The van der Waals surface area contributed by atoms with Gasteiger partial charge in [0.25, 0.3) is 0 Å². The molecule has 0 spiro atoms. The third-order valence-electron chi connectivity index (χ3n) is 4.77. The monoisotopic (exact) mass is 401 g/mol. The second-order valence-electron chi connectivity index (χ2n) is 7.19. The van der Waals surface area contributed by atoms with E-state index in [1.807, 2.05) is 62.5 Å². The molecule has 4 aromatic rings. The molecule has 0 aliphatic heterocycles. The zero-order valence-electron chi connectivity index (χ0n) is 17.0. The Morgan fingerprint density at radius 1 is 1.10 bits per heavy atom. The van der Waals surface area contributed by atoms with Gasteiger partial charge in [0.2, 0.25) is 5.91 Å². The Balaban J connectivity index is 1.41. The van der Waals surface area contributed by atoms with E-state index in [2.05, 4.69) is 30.9 Å².